The van der Waals surface area contributed by atoms with Gasteiger partial charge in [0, 0.05) is 5.56 Å². The van der Waals surface area contributed by atoms with Crippen molar-refractivity contribution in [2.75, 3.05) is 0 Å². The van der Waals surface area contributed by atoms with E-state index in [2.05, 4.69) is 0 Å². The van der Waals surface area contributed by atoms with Crippen LogP contribution in [-0.2, 0) is 0 Å². The lowest BCUT2D eigenvalue weighted by Crippen LogP contribution is -2.23. The van der Waals surface area contributed by atoms with Gasteiger partial charge in [0.1, 0.15) is 0 Å². The van der Waals surface area contributed by atoms with Crippen molar-refractivity contribution in [3.63, 3.8) is 0 Å². The van der Waals surface area contributed by atoms with Crippen LogP contribution in [0.1, 0.15) is 21.5 Å². The molecular weight excluding hydrogens is 220 g/mol. The molecule has 1 aromatic heterocycles. The molecule has 2 aromatic rings. The zero-order chi connectivity index (χ0) is 11.4. The van der Waals surface area contributed by atoms with Gasteiger partial charge in [0.05, 0.1) is 5.97 Å². The van der Waals surface area contributed by atoms with Gasteiger partial charge in [0.25, 0.3) is 0 Å². The second kappa shape index (κ2) is 4.77. The van der Waals surface area contributed by atoms with Crippen molar-refractivity contribution in [3.05, 3.63) is 57.8 Å². The Kier molecular flexibility index (Phi) is 3.17. The highest BCUT2D eigenvalue weighted by Crippen LogP contribution is 2.14. The molecule has 1 aromatic carbocycles. The highest BCUT2D eigenvalue weighted by atomic mass is 32.1. The van der Waals surface area contributed by atoms with E-state index in [1.165, 1.54) is 0 Å². The first-order valence-corrected chi connectivity index (χ1v) is 5.72. The predicted molar refractivity (Wildman–Crippen MR) is 64.0 cm³/mol. The van der Waals surface area contributed by atoms with Gasteiger partial charge in [-0.3, -0.25) is 0 Å². The van der Waals surface area contributed by atoms with Gasteiger partial charge in [-0.05, 0) is 28.0 Å². The van der Waals surface area contributed by atoms with E-state index in [1.54, 1.807) is 41.7 Å². The molecule has 0 amide bonds. The molecule has 0 saturated carbocycles. The number of carboxylic acid groups (broad SMARTS) is 1. The molecule has 0 saturated heterocycles. The lowest BCUT2D eigenvalue weighted by Gasteiger charge is -2.05. The third kappa shape index (κ3) is 2.38. The SMILES string of the molecule is O=C([O-])c1ccccc1/C=C\c1ccsc1. The average Bonchev–Trinajstić information content (AvgIpc) is 2.79. The van der Waals surface area contributed by atoms with Crippen LogP contribution in [0.15, 0.2) is 41.1 Å². The van der Waals surface area contributed by atoms with Crippen LogP contribution in [0.5, 0.6) is 0 Å². The van der Waals surface area contributed by atoms with Crippen LogP contribution in [0, 0.1) is 0 Å². The van der Waals surface area contributed by atoms with E-state index in [4.69, 9.17) is 0 Å². The van der Waals surface area contributed by atoms with E-state index in [1.807, 2.05) is 22.9 Å². The third-order valence-corrected chi connectivity index (χ3v) is 2.88. The van der Waals surface area contributed by atoms with E-state index in [0.29, 0.717) is 5.56 Å². The van der Waals surface area contributed by atoms with Crippen LogP contribution < -0.4 is 5.11 Å². The van der Waals surface area contributed by atoms with Crippen LogP contribution >= 0.6 is 11.3 Å². The van der Waals surface area contributed by atoms with Crippen LogP contribution in [0.4, 0.5) is 0 Å². The first kappa shape index (κ1) is 10.6. The van der Waals surface area contributed by atoms with Crippen molar-refractivity contribution in [2.45, 2.75) is 0 Å². The summed E-state index contributed by atoms with van der Waals surface area (Å²) in [6.45, 7) is 0. The largest absolute Gasteiger partial charge is 0.545 e. The molecule has 0 aliphatic rings. The van der Waals surface area contributed by atoms with Gasteiger partial charge in [0.15, 0.2) is 0 Å². The molecule has 3 heteroatoms. The summed E-state index contributed by atoms with van der Waals surface area (Å²) in [6, 6.07) is 8.77. The normalized spacial score (nSPS) is 10.8. The number of carboxylic acids is 1. The summed E-state index contributed by atoms with van der Waals surface area (Å²) in [5, 5.41) is 14.8. The summed E-state index contributed by atoms with van der Waals surface area (Å²) in [5.74, 6) is -1.15. The number of carbonyl (C=O) groups excluding carboxylic acids is 1. The zero-order valence-electron chi connectivity index (χ0n) is 8.42. The fourth-order valence-corrected chi connectivity index (χ4v) is 2.01. The third-order valence-electron chi connectivity index (χ3n) is 2.18. The van der Waals surface area contributed by atoms with Crippen molar-refractivity contribution in [1.82, 2.24) is 0 Å². The van der Waals surface area contributed by atoms with E-state index in [-0.39, 0.29) is 5.56 Å². The number of aromatic carboxylic acids is 1. The number of hydrogen-bond acceptors (Lipinski definition) is 3. The number of benzene rings is 1. The summed E-state index contributed by atoms with van der Waals surface area (Å²) >= 11 is 1.61. The first-order chi connectivity index (χ1) is 7.77. The predicted octanol–water partition coefficient (Wildman–Crippen LogP) is 2.28. The van der Waals surface area contributed by atoms with E-state index < -0.39 is 5.97 Å². The van der Waals surface area contributed by atoms with E-state index in [0.717, 1.165) is 5.56 Å². The molecule has 0 N–H and O–H groups in total. The lowest BCUT2D eigenvalue weighted by atomic mass is 10.1. The average molecular weight is 229 g/mol. The Bertz CT molecular complexity index is 512. The summed E-state index contributed by atoms with van der Waals surface area (Å²) in [5.41, 5.74) is 1.95. The minimum Gasteiger partial charge on any atom is -0.545 e. The van der Waals surface area contributed by atoms with Crippen molar-refractivity contribution >= 4 is 29.5 Å². The van der Waals surface area contributed by atoms with Crippen LogP contribution in [0.25, 0.3) is 12.2 Å². The zero-order valence-corrected chi connectivity index (χ0v) is 9.24. The summed E-state index contributed by atoms with van der Waals surface area (Å²) in [7, 11) is 0. The molecular formula is C13H9O2S-. The minimum atomic E-state index is -1.15. The van der Waals surface area contributed by atoms with Gasteiger partial charge < -0.3 is 9.90 Å². The van der Waals surface area contributed by atoms with E-state index >= 15 is 0 Å². The van der Waals surface area contributed by atoms with Gasteiger partial charge >= 0.3 is 0 Å². The maximum absolute atomic E-state index is 10.8. The van der Waals surface area contributed by atoms with Crippen LogP contribution in [-0.4, -0.2) is 5.97 Å². The maximum atomic E-state index is 10.8. The molecule has 0 aliphatic heterocycles. The molecule has 80 valence electrons. The fraction of sp³-hybridized carbons (Fsp3) is 0. The molecule has 0 fully saturated rings. The Morgan fingerprint density at radius 3 is 2.69 bits per heavy atom. The number of hydrogen-bond donors (Lipinski definition) is 0. The maximum Gasteiger partial charge on any atom is 0.0721 e. The lowest BCUT2D eigenvalue weighted by molar-refractivity contribution is -0.255. The molecule has 2 rings (SSSR count). The van der Waals surface area contributed by atoms with Gasteiger partial charge in [-0.15, -0.1) is 0 Å². The number of rotatable bonds is 3. The van der Waals surface area contributed by atoms with Gasteiger partial charge in [-0.25, -0.2) is 0 Å². The van der Waals surface area contributed by atoms with Crippen molar-refractivity contribution < 1.29 is 9.90 Å². The quantitative estimate of drug-likeness (QED) is 0.810. The smallest absolute Gasteiger partial charge is 0.0721 e. The topological polar surface area (TPSA) is 40.1 Å². The monoisotopic (exact) mass is 229 g/mol. The Morgan fingerprint density at radius 2 is 2.00 bits per heavy atom. The standard InChI is InChI=1S/C13H10O2S/c14-13(15)12-4-2-1-3-11(12)6-5-10-7-8-16-9-10/h1-9H,(H,14,15)/p-1/b6-5-. The Labute approximate surface area is 97.5 Å². The van der Waals surface area contributed by atoms with Crippen molar-refractivity contribution in [1.29, 1.82) is 0 Å². The fourth-order valence-electron chi connectivity index (χ4n) is 1.38. The van der Waals surface area contributed by atoms with Crippen LogP contribution in [0.2, 0.25) is 0 Å². The van der Waals surface area contributed by atoms with Gasteiger partial charge in [-0.2, -0.15) is 11.3 Å². The van der Waals surface area contributed by atoms with Gasteiger partial charge in [0.2, 0.25) is 0 Å². The second-order valence-electron chi connectivity index (χ2n) is 3.26. The Balaban J connectivity index is 2.31. The van der Waals surface area contributed by atoms with Crippen molar-refractivity contribution in [2.24, 2.45) is 0 Å². The molecule has 1 heterocycles. The highest BCUT2D eigenvalue weighted by Gasteiger charge is 1.98. The Morgan fingerprint density at radius 1 is 1.19 bits per heavy atom. The summed E-state index contributed by atoms with van der Waals surface area (Å²) in [6.07, 6.45) is 3.67. The molecule has 0 atom stereocenters. The minimum absolute atomic E-state index is 0.217. The first-order valence-electron chi connectivity index (χ1n) is 4.78. The molecule has 0 aliphatic carbocycles. The Hall–Kier alpha value is -1.87. The molecule has 16 heavy (non-hydrogen) atoms. The molecule has 0 radical (unpaired) electrons. The molecule has 0 spiro atoms. The molecule has 2 nitrogen and oxygen atoms in total. The van der Waals surface area contributed by atoms with E-state index in [9.17, 15) is 9.90 Å². The van der Waals surface area contributed by atoms with Crippen molar-refractivity contribution in [3.8, 4) is 0 Å². The highest BCUT2D eigenvalue weighted by molar-refractivity contribution is 7.08. The summed E-state index contributed by atoms with van der Waals surface area (Å²) in [4.78, 5) is 10.8. The van der Waals surface area contributed by atoms with Crippen LogP contribution in [0.3, 0.4) is 0 Å². The number of thiophene rings is 1. The molecule has 0 bridgehead atoms. The second-order valence-corrected chi connectivity index (χ2v) is 4.04. The molecule has 0 unspecified atom stereocenters. The summed E-state index contributed by atoms with van der Waals surface area (Å²) < 4.78 is 0. The van der Waals surface area contributed by atoms with Gasteiger partial charge in [-0.1, -0.05) is 36.4 Å². The number of carbonyl (C=O) groups is 1.